The molecule has 1 saturated carbocycles. The molecule has 0 radical (unpaired) electrons. The Kier molecular flexibility index (Phi) is 11.8. The van der Waals surface area contributed by atoms with Gasteiger partial charge in [0.1, 0.15) is 19.3 Å². The average molecular weight is 532 g/mol. The fraction of sp³-hybridized carbons (Fsp3) is 0.710. The highest BCUT2D eigenvalue weighted by molar-refractivity contribution is 5.82. The second-order valence-electron chi connectivity index (χ2n) is 12.4. The fourth-order valence-corrected chi connectivity index (χ4v) is 5.35. The van der Waals surface area contributed by atoms with Gasteiger partial charge in [-0.1, -0.05) is 43.7 Å². The van der Waals surface area contributed by atoms with Gasteiger partial charge in [0.25, 0.3) is 0 Å². The van der Waals surface area contributed by atoms with Gasteiger partial charge in [-0.25, -0.2) is 0 Å². The number of ether oxygens (including phenoxy) is 3. The lowest BCUT2D eigenvalue weighted by molar-refractivity contribution is -0.172. The van der Waals surface area contributed by atoms with E-state index in [2.05, 4.69) is 0 Å². The smallest absolute Gasteiger partial charge is 0.312 e. The number of nitrogens with zero attached hydrogens (tertiary/aromatic N) is 1. The van der Waals surface area contributed by atoms with E-state index >= 15 is 0 Å². The van der Waals surface area contributed by atoms with E-state index in [4.69, 9.17) is 14.2 Å². The van der Waals surface area contributed by atoms with Gasteiger partial charge in [-0.2, -0.15) is 0 Å². The van der Waals surface area contributed by atoms with Crippen LogP contribution in [0.5, 0.6) is 0 Å². The summed E-state index contributed by atoms with van der Waals surface area (Å²) in [6.07, 6.45) is 5.90. The summed E-state index contributed by atoms with van der Waals surface area (Å²) in [7, 11) is 3.83. The standard InChI is InChI=1S/C31H49NO6/c1-8-30(4,28(35)38-25-17-13-10-14-18-25)23-31(5,27(34)37-21-24-15-11-9-12-16-24)22-29(2,3)26(33)36-20-19-32(6)7/h9,11-12,15-16,25H,8,10,13-14,17-23H2,1-7H3. The van der Waals surface area contributed by atoms with Crippen molar-refractivity contribution in [2.24, 2.45) is 16.2 Å². The van der Waals surface area contributed by atoms with Gasteiger partial charge < -0.3 is 19.1 Å². The zero-order valence-corrected chi connectivity index (χ0v) is 24.6. The van der Waals surface area contributed by atoms with E-state index in [-0.39, 0.29) is 44.1 Å². The lowest BCUT2D eigenvalue weighted by Crippen LogP contribution is -2.45. The average Bonchev–Trinajstić information content (AvgIpc) is 2.87. The third kappa shape index (κ3) is 9.40. The Labute approximate surface area is 229 Å². The Morgan fingerprint density at radius 2 is 1.47 bits per heavy atom. The minimum atomic E-state index is -1.12. The number of likely N-dealkylation sites (N-methyl/N-ethyl adjacent to an activating group) is 1. The molecule has 1 aromatic carbocycles. The summed E-state index contributed by atoms with van der Waals surface area (Å²) in [6, 6.07) is 9.49. The first-order valence-corrected chi connectivity index (χ1v) is 14.1. The van der Waals surface area contributed by atoms with Crippen LogP contribution in [-0.2, 0) is 35.2 Å². The van der Waals surface area contributed by atoms with Crippen LogP contribution in [0.25, 0.3) is 0 Å². The lowest BCUT2D eigenvalue weighted by Gasteiger charge is -2.40. The van der Waals surface area contributed by atoms with E-state index in [1.165, 1.54) is 6.42 Å². The molecule has 1 aliphatic rings. The second-order valence-corrected chi connectivity index (χ2v) is 12.4. The van der Waals surface area contributed by atoms with Crippen LogP contribution in [0.4, 0.5) is 0 Å². The first-order chi connectivity index (χ1) is 17.8. The molecule has 0 heterocycles. The van der Waals surface area contributed by atoms with Crippen molar-refractivity contribution in [1.29, 1.82) is 0 Å². The molecule has 0 N–H and O–H groups in total. The maximum Gasteiger partial charge on any atom is 0.312 e. The van der Waals surface area contributed by atoms with Crippen molar-refractivity contribution in [3.8, 4) is 0 Å². The van der Waals surface area contributed by atoms with Gasteiger partial charge in [0.2, 0.25) is 0 Å². The molecule has 1 aromatic rings. The minimum absolute atomic E-state index is 0.0680. The largest absolute Gasteiger partial charge is 0.464 e. The third-order valence-corrected chi connectivity index (χ3v) is 7.74. The predicted molar refractivity (Wildman–Crippen MR) is 148 cm³/mol. The van der Waals surface area contributed by atoms with Crippen LogP contribution in [0.1, 0.15) is 91.5 Å². The zero-order chi connectivity index (χ0) is 28.4. The van der Waals surface area contributed by atoms with E-state index in [0.717, 1.165) is 31.2 Å². The molecule has 0 bridgehead atoms. The number of hydrogen-bond acceptors (Lipinski definition) is 7. The molecule has 2 unspecified atom stereocenters. The van der Waals surface area contributed by atoms with Crippen molar-refractivity contribution in [3.05, 3.63) is 35.9 Å². The fourth-order valence-electron chi connectivity index (χ4n) is 5.35. The number of rotatable bonds is 14. The van der Waals surface area contributed by atoms with Gasteiger partial charge in [-0.05, 0) is 92.3 Å². The maximum absolute atomic E-state index is 13.7. The molecule has 0 spiro atoms. The number of carbonyl (C=O) groups excluding carboxylic acids is 3. The summed E-state index contributed by atoms with van der Waals surface area (Å²) in [5.41, 5.74) is -2.10. The molecule has 0 saturated heterocycles. The molecule has 1 fully saturated rings. The monoisotopic (exact) mass is 531 g/mol. The molecule has 38 heavy (non-hydrogen) atoms. The van der Waals surface area contributed by atoms with Gasteiger partial charge in [0.05, 0.1) is 16.2 Å². The van der Waals surface area contributed by atoms with Gasteiger partial charge in [-0.3, -0.25) is 14.4 Å². The summed E-state index contributed by atoms with van der Waals surface area (Å²) in [4.78, 5) is 42.2. The van der Waals surface area contributed by atoms with Crippen LogP contribution in [0.3, 0.4) is 0 Å². The first kappa shape index (κ1) is 31.8. The Morgan fingerprint density at radius 1 is 0.842 bits per heavy atom. The zero-order valence-electron chi connectivity index (χ0n) is 24.6. The summed E-state index contributed by atoms with van der Waals surface area (Å²) in [5.74, 6) is -1.08. The molecular weight excluding hydrogens is 482 g/mol. The van der Waals surface area contributed by atoms with Crippen LogP contribution >= 0.6 is 0 Å². The van der Waals surface area contributed by atoms with E-state index in [1.54, 1.807) is 20.8 Å². The van der Waals surface area contributed by atoms with Crippen molar-refractivity contribution in [2.75, 3.05) is 27.2 Å². The second kappa shape index (κ2) is 14.1. The van der Waals surface area contributed by atoms with E-state index in [9.17, 15) is 14.4 Å². The maximum atomic E-state index is 13.7. The van der Waals surface area contributed by atoms with Gasteiger partial charge in [0, 0.05) is 6.54 Å². The van der Waals surface area contributed by atoms with Gasteiger partial charge in [0.15, 0.2) is 0 Å². The molecule has 1 aliphatic carbocycles. The van der Waals surface area contributed by atoms with E-state index in [1.807, 2.05) is 63.2 Å². The molecular formula is C31H49NO6. The summed E-state index contributed by atoms with van der Waals surface area (Å²) in [5, 5.41) is 0. The van der Waals surface area contributed by atoms with Crippen molar-refractivity contribution in [3.63, 3.8) is 0 Å². The van der Waals surface area contributed by atoms with Crippen LogP contribution in [0, 0.1) is 16.2 Å². The minimum Gasteiger partial charge on any atom is -0.464 e. The molecule has 7 nitrogen and oxygen atoms in total. The first-order valence-electron chi connectivity index (χ1n) is 14.1. The molecule has 0 aliphatic heterocycles. The van der Waals surface area contributed by atoms with Crippen molar-refractivity contribution >= 4 is 17.9 Å². The predicted octanol–water partition coefficient (Wildman–Crippen LogP) is 5.94. The van der Waals surface area contributed by atoms with Gasteiger partial charge in [-0.15, -0.1) is 0 Å². The third-order valence-electron chi connectivity index (χ3n) is 7.74. The molecule has 214 valence electrons. The Bertz CT molecular complexity index is 908. The SMILES string of the molecule is CCC(C)(CC(C)(CC(C)(C)C(=O)OCCN(C)C)C(=O)OCc1ccccc1)C(=O)OC1CCCCC1. The van der Waals surface area contributed by atoms with Crippen LogP contribution in [0.15, 0.2) is 30.3 Å². The number of hydrogen-bond donors (Lipinski definition) is 0. The number of esters is 3. The lowest BCUT2D eigenvalue weighted by atomic mass is 9.65. The number of benzene rings is 1. The van der Waals surface area contributed by atoms with Crippen LogP contribution in [0.2, 0.25) is 0 Å². The highest BCUT2D eigenvalue weighted by atomic mass is 16.5. The molecule has 0 aromatic heterocycles. The summed E-state index contributed by atoms with van der Waals surface area (Å²) in [6.45, 7) is 10.2. The Morgan fingerprint density at radius 3 is 2.05 bits per heavy atom. The normalized spacial score (nSPS) is 17.8. The highest BCUT2D eigenvalue weighted by Gasteiger charge is 2.50. The van der Waals surface area contributed by atoms with Crippen molar-refractivity contribution < 1.29 is 28.6 Å². The Hall–Kier alpha value is -2.41. The molecule has 2 rings (SSSR count). The van der Waals surface area contributed by atoms with Crippen molar-refractivity contribution in [2.45, 2.75) is 98.7 Å². The number of carbonyl (C=O) groups is 3. The summed E-state index contributed by atoms with van der Waals surface area (Å²) >= 11 is 0. The van der Waals surface area contributed by atoms with Crippen LogP contribution in [-0.4, -0.2) is 56.2 Å². The summed E-state index contributed by atoms with van der Waals surface area (Å²) < 4.78 is 17.3. The molecule has 7 heteroatoms. The molecule has 0 amide bonds. The molecule has 2 atom stereocenters. The Balaban J connectivity index is 2.26. The van der Waals surface area contributed by atoms with E-state index < -0.39 is 22.2 Å². The van der Waals surface area contributed by atoms with Crippen LogP contribution < -0.4 is 0 Å². The van der Waals surface area contributed by atoms with Crippen molar-refractivity contribution in [1.82, 2.24) is 4.90 Å². The van der Waals surface area contributed by atoms with Gasteiger partial charge >= 0.3 is 17.9 Å². The highest BCUT2D eigenvalue weighted by Crippen LogP contribution is 2.46. The van der Waals surface area contributed by atoms with E-state index in [0.29, 0.717) is 13.0 Å². The topological polar surface area (TPSA) is 82.1 Å². The quantitative estimate of drug-likeness (QED) is 0.217.